The molecule has 0 unspecified atom stereocenters. The Morgan fingerprint density at radius 3 is 2.65 bits per heavy atom. The third kappa shape index (κ3) is 2.18. The highest BCUT2D eigenvalue weighted by molar-refractivity contribution is 14.1. The van der Waals surface area contributed by atoms with Crippen LogP contribution in [-0.4, -0.2) is 9.55 Å². The average Bonchev–Trinajstić information content (AvgIpc) is 2.80. The summed E-state index contributed by atoms with van der Waals surface area (Å²) < 4.78 is 3.41. The third-order valence-corrected chi connectivity index (χ3v) is 4.04. The van der Waals surface area contributed by atoms with Gasteiger partial charge in [-0.05, 0) is 66.8 Å². The van der Waals surface area contributed by atoms with Crippen LogP contribution >= 0.6 is 22.6 Å². The van der Waals surface area contributed by atoms with E-state index in [1.165, 1.54) is 0 Å². The van der Waals surface area contributed by atoms with Crippen LogP contribution in [0.2, 0.25) is 0 Å². The van der Waals surface area contributed by atoms with E-state index in [4.69, 9.17) is 10.7 Å². The number of nitrogens with two attached hydrogens (primary N) is 1. The van der Waals surface area contributed by atoms with Crippen LogP contribution in [0.5, 0.6) is 0 Å². The molecule has 0 bridgehead atoms. The Morgan fingerprint density at radius 2 is 1.90 bits per heavy atom. The van der Waals surface area contributed by atoms with E-state index < -0.39 is 0 Å². The first-order chi connectivity index (χ1) is 9.58. The van der Waals surface area contributed by atoms with Crippen molar-refractivity contribution < 1.29 is 0 Å². The van der Waals surface area contributed by atoms with Crippen LogP contribution in [0.25, 0.3) is 22.4 Å². The summed E-state index contributed by atoms with van der Waals surface area (Å²) in [5, 5.41) is 0. The second kappa shape index (κ2) is 5.09. The predicted molar refractivity (Wildman–Crippen MR) is 92.7 cm³/mol. The van der Waals surface area contributed by atoms with Gasteiger partial charge in [-0.15, -0.1) is 0 Å². The Kier molecular flexibility index (Phi) is 3.41. The van der Waals surface area contributed by atoms with Crippen molar-refractivity contribution in [3.63, 3.8) is 0 Å². The molecule has 0 fully saturated rings. The summed E-state index contributed by atoms with van der Waals surface area (Å²) >= 11 is 2.30. The van der Waals surface area contributed by atoms with E-state index in [0.717, 1.165) is 31.7 Å². The van der Waals surface area contributed by atoms with Crippen molar-refractivity contribution >= 4 is 39.3 Å². The van der Waals surface area contributed by atoms with Gasteiger partial charge in [0.1, 0.15) is 5.82 Å². The van der Waals surface area contributed by atoms with Gasteiger partial charge in [-0.25, -0.2) is 4.98 Å². The van der Waals surface area contributed by atoms with Crippen molar-refractivity contribution in [2.45, 2.75) is 19.9 Å². The summed E-state index contributed by atoms with van der Waals surface area (Å²) in [5.41, 5.74) is 10.1. The number of halogens is 1. The van der Waals surface area contributed by atoms with Gasteiger partial charge in [-0.1, -0.05) is 12.1 Å². The molecule has 1 aromatic heterocycles. The molecule has 0 radical (unpaired) electrons. The first-order valence-electron chi connectivity index (χ1n) is 6.60. The van der Waals surface area contributed by atoms with Crippen LogP contribution in [0.4, 0.5) is 5.69 Å². The number of benzene rings is 2. The maximum absolute atomic E-state index is 6.16. The number of hydrogen-bond acceptors (Lipinski definition) is 2. The van der Waals surface area contributed by atoms with E-state index in [0.29, 0.717) is 6.04 Å². The van der Waals surface area contributed by atoms with Crippen LogP contribution < -0.4 is 5.73 Å². The van der Waals surface area contributed by atoms with E-state index in [2.05, 4.69) is 53.1 Å². The Balaban J connectivity index is 2.35. The van der Waals surface area contributed by atoms with Crippen molar-refractivity contribution in [2.24, 2.45) is 0 Å². The summed E-state index contributed by atoms with van der Waals surface area (Å²) in [7, 11) is 0. The van der Waals surface area contributed by atoms with E-state index in [1.54, 1.807) is 0 Å². The number of anilines is 1. The number of para-hydroxylation sites is 2. The van der Waals surface area contributed by atoms with E-state index >= 15 is 0 Å². The van der Waals surface area contributed by atoms with Gasteiger partial charge in [0.25, 0.3) is 0 Å². The molecule has 1 heterocycles. The highest BCUT2D eigenvalue weighted by Gasteiger charge is 2.16. The standard InChI is InChI=1S/C16H16IN3/c1-10(2)20-15-6-4-3-5-14(15)19-16(20)12-9-11(17)7-8-13(12)18/h3-10H,18H2,1-2H3. The number of nitrogen functional groups attached to an aromatic ring is 1. The highest BCUT2D eigenvalue weighted by Crippen LogP contribution is 2.32. The van der Waals surface area contributed by atoms with E-state index in [1.807, 2.05) is 30.3 Å². The molecule has 3 aromatic rings. The molecule has 0 spiro atoms. The first-order valence-corrected chi connectivity index (χ1v) is 7.68. The van der Waals surface area contributed by atoms with Gasteiger partial charge >= 0.3 is 0 Å². The van der Waals surface area contributed by atoms with Gasteiger partial charge in [0, 0.05) is 20.9 Å². The second-order valence-corrected chi connectivity index (χ2v) is 6.37. The monoisotopic (exact) mass is 377 g/mol. The third-order valence-electron chi connectivity index (χ3n) is 3.37. The minimum absolute atomic E-state index is 0.328. The minimum Gasteiger partial charge on any atom is -0.398 e. The Morgan fingerprint density at radius 1 is 1.15 bits per heavy atom. The maximum Gasteiger partial charge on any atom is 0.143 e. The molecule has 20 heavy (non-hydrogen) atoms. The summed E-state index contributed by atoms with van der Waals surface area (Å²) in [6.45, 7) is 4.34. The summed E-state index contributed by atoms with van der Waals surface area (Å²) in [6.07, 6.45) is 0. The summed E-state index contributed by atoms with van der Waals surface area (Å²) in [5.74, 6) is 0.942. The van der Waals surface area contributed by atoms with Crippen molar-refractivity contribution in [1.29, 1.82) is 0 Å². The fourth-order valence-electron chi connectivity index (χ4n) is 2.48. The lowest BCUT2D eigenvalue weighted by molar-refractivity contribution is 0.624. The minimum atomic E-state index is 0.328. The van der Waals surface area contributed by atoms with Crippen molar-refractivity contribution in [1.82, 2.24) is 9.55 Å². The maximum atomic E-state index is 6.16. The topological polar surface area (TPSA) is 43.8 Å². The van der Waals surface area contributed by atoms with Gasteiger partial charge in [-0.2, -0.15) is 0 Å². The quantitative estimate of drug-likeness (QED) is 0.529. The molecule has 3 nitrogen and oxygen atoms in total. The molecule has 0 amide bonds. The van der Waals surface area contributed by atoms with Gasteiger partial charge in [0.2, 0.25) is 0 Å². The molecule has 0 atom stereocenters. The lowest BCUT2D eigenvalue weighted by Gasteiger charge is -2.14. The predicted octanol–water partition coefficient (Wildman–Crippen LogP) is 4.47. The number of imidazole rings is 1. The van der Waals surface area contributed by atoms with Gasteiger partial charge in [-0.3, -0.25) is 0 Å². The zero-order valence-electron chi connectivity index (χ0n) is 11.5. The summed E-state index contributed by atoms with van der Waals surface area (Å²) in [4.78, 5) is 4.79. The smallest absolute Gasteiger partial charge is 0.143 e. The molecule has 0 saturated heterocycles. The van der Waals surface area contributed by atoms with Gasteiger partial charge in [0.15, 0.2) is 0 Å². The Bertz CT molecular complexity index is 774. The molecular formula is C16H16IN3. The lowest BCUT2D eigenvalue weighted by atomic mass is 10.1. The molecule has 2 aromatic carbocycles. The number of nitrogens with zero attached hydrogens (tertiary/aromatic N) is 2. The van der Waals surface area contributed by atoms with Crippen LogP contribution in [0.15, 0.2) is 42.5 Å². The molecule has 0 aliphatic carbocycles. The number of fused-ring (bicyclic) bond motifs is 1. The molecular weight excluding hydrogens is 361 g/mol. The van der Waals surface area contributed by atoms with Crippen molar-refractivity contribution in [3.05, 3.63) is 46.0 Å². The Labute approximate surface area is 132 Å². The molecule has 102 valence electrons. The highest BCUT2D eigenvalue weighted by atomic mass is 127. The number of aromatic nitrogens is 2. The molecule has 0 aliphatic rings. The zero-order chi connectivity index (χ0) is 14.3. The summed E-state index contributed by atoms with van der Waals surface area (Å²) in [6, 6.07) is 14.6. The van der Waals surface area contributed by atoms with Gasteiger partial charge in [0.05, 0.1) is 11.0 Å². The van der Waals surface area contributed by atoms with Crippen molar-refractivity contribution in [3.8, 4) is 11.4 Å². The molecule has 3 rings (SSSR count). The van der Waals surface area contributed by atoms with Crippen LogP contribution in [0.3, 0.4) is 0 Å². The van der Waals surface area contributed by atoms with Crippen molar-refractivity contribution in [2.75, 3.05) is 5.73 Å². The zero-order valence-corrected chi connectivity index (χ0v) is 13.6. The van der Waals surface area contributed by atoms with E-state index in [9.17, 15) is 0 Å². The van der Waals surface area contributed by atoms with Gasteiger partial charge < -0.3 is 10.3 Å². The van der Waals surface area contributed by atoms with Crippen LogP contribution in [-0.2, 0) is 0 Å². The molecule has 2 N–H and O–H groups in total. The normalized spacial score (nSPS) is 11.4. The Hall–Kier alpha value is -1.56. The lowest BCUT2D eigenvalue weighted by Crippen LogP contribution is -2.04. The number of hydrogen-bond donors (Lipinski definition) is 1. The second-order valence-electron chi connectivity index (χ2n) is 5.12. The molecule has 4 heteroatoms. The first kappa shape index (κ1) is 13.4. The molecule has 0 aliphatic heterocycles. The average molecular weight is 377 g/mol. The molecule has 0 saturated carbocycles. The fourth-order valence-corrected chi connectivity index (χ4v) is 2.97. The van der Waals surface area contributed by atoms with E-state index in [-0.39, 0.29) is 0 Å². The largest absolute Gasteiger partial charge is 0.398 e. The SMILES string of the molecule is CC(C)n1c(-c2cc(I)ccc2N)nc2ccccc21. The number of rotatable bonds is 2. The fraction of sp³-hybridized carbons (Fsp3) is 0.188. The van der Waals surface area contributed by atoms with Crippen LogP contribution in [0.1, 0.15) is 19.9 Å². The van der Waals surface area contributed by atoms with Crippen LogP contribution in [0, 0.1) is 3.57 Å².